The van der Waals surface area contributed by atoms with E-state index in [0.29, 0.717) is 25.3 Å². The van der Waals surface area contributed by atoms with Crippen molar-refractivity contribution in [3.05, 3.63) is 53.9 Å². The first-order valence-corrected chi connectivity index (χ1v) is 10.7. The molecule has 0 bridgehead atoms. The van der Waals surface area contributed by atoms with Crippen LogP contribution in [0.1, 0.15) is 34.6 Å². The third kappa shape index (κ3) is 7.69. The molecule has 2 aromatic heterocycles. The van der Waals surface area contributed by atoms with E-state index in [2.05, 4.69) is 25.2 Å². The van der Waals surface area contributed by atoms with Crippen LogP contribution in [0.3, 0.4) is 0 Å². The minimum Gasteiger partial charge on any atom is -0.379 e. The number of ether oxygens (including phenoxy) is 1. The van der Waals surface area contributed by atoms with Crippen LogP contribution in [0.2, 0.25) is 0 Å². The van der Waals surface area contributed by atoms with Crippen LogP contribution in [0.25, 0.3) is 0 Å². The number of nitrogens with zero attached hydrogens (tertiary/aromatic N) is 5. The Morgan fingerprint density at radius 3 is 2.61 bits per heavy atom. The second-order valence-electron chi connectivity index (χ2n) is 7.52. The summed E-state index contributed by atoms with van der Waals surface area (Å²) in [4.78, 5) is 41.7. The van der Waals surface area contributed by atoms with E-state index in [-0.39, 0.29) is 18.2 Å². The summed E-state index contributed by atoms with van der Waals surface area (Å²) >= 11 is 0. The summed E-state index contributed by atoms with van der Waals surface area (Å²) in [5.41, 5.74) is 2.04. The van der Waals surface area contributed by atoms with Gasteiger partial charge in [0, 0.05) is 64.3 Å². The van der Waals surface area contributed by atoms with Gasteiger partial charge in [0.2, 0.25) is 5.91 Å². The predicted molar refractivity (Wildman–Crippen MR) is 115 cm³/mol. The Balaban J connectivity index is 1.52. The first kappa shape index (κ1) is 22.8. The molecule has 0 unspecified atom stereocenters. The van der Waals surface area contributed by atoms with Crippen LogP contribution >= 0.6 is 0 Å². The highest BCUT2D eigenvalue weighted by molar-refractivity contribution is 5.92. The average Bonchev–Trinajstić information content (AvgIpc) is 2.81. The van der Waals surface area contributed by atoms with E-state index < -0.39 is 0 Å². The summed E-state index contributed by atoms with van der Waals surface area (Å²) in [6.45, 7) is 7.37. The van der Waals surface area contributed by atoms with Gasteiger partial charge in [0.15, 0.2) is 0 Å². The maximum atomic E-state index is 13.0. The van der Waals surface area contributed by atoms with Crippen molar-refractivity contribution in [2.75, 3.05) is 45.9 Å². The topological polar surface area (TPSA) is 101 Å². The van der Waals surface area contributed by atoms with Crippen molar-refractivity contribution < 1.29 is 14.3 Å². The van der Waals surface area contributed by atoms with E-state index >= 15 is 0 Å². The fraction of sp³-hybridized carbons (Fsp3) is 0.500. The van der Waals surface area contributed by atoms with Gasteiger partial charge in [-0.2, -0.15) is 0 Å². The number of morpholine rings is 1. The van der Waals surface area contributed by atoms with Gasteiger partial charge in [0.25, 0.3) is 5.91 Å². The molecular weight excluding hydrogens is 396 g/mol. The molecule has 1 fully saturated rings. The Morgan fingerprint density at radius 2 is 1.90 bits per heavy atom. The first-order chi connectivity index (χ1) is 15.1. The van der Waals surface area contributed by atoms with Gasteiger partial charge in [0.1, 0.15) is 5.69 Å². The van der Waals surface area contributed by atoms with E-state index in [1.165, 1.54) is 6.20 Å². The largest absolute Gasteiger partial charge is 0.379 e. The third-order valence-electron chi connectivity index (χ3n) is 5.14. The Kier molecular flexibility index (Phi) is 8.86. The van der Waals surface area contributed by atoms with Gasteiger partial charge in [-0.3, -0.25) is 24.5 Å². The van der Waals surface area contributed by atoms with Crippen molar-refractivity contribution in [2.24, 2.45) is 0 Å². The van der Waals surface area contributed by atoms with Gasteiger partial charge >= 0.3 is 0 Å². The third-order valence-corrected chi connectivity index (χ3v) is 5.14. The molecule has 1 aliphatic heterocycles. The van der Waals surface area contributed by atoms with E-state index in [0.717, 1.165) is 50.5 Å². The van der Waals surface area contributed by atoms with Gasteiger partial charge in [-0.1, -0.05) is 0 Å². The van der Waals surface area contributed by atoms with Gasteiger partial charge in [-0.15, -0.1) is 0 Å². The molecule has 1 aliphatic rings. The highest BCUT2D eigenvalue weighted by Gasteiger charge is 2.19. The average molecular weight is 427 g/mol. The molecule has 1 saturated heterocycles. The van der Waals surface area contributed by atoms with Crippen LogP contribution < -0.4 is 5.32 Å². The van der Waals surface area contributed by atoms with E-state index in [1.807, 2.05) is 19.1 Å². The monoisotopic (exact) mass is 426 g/mol. The van der Waals surface area contributed by atoms with Crippen molar-refractivity contribution in [3.63, 3.8) is 0 Å². The summed E-state index contributed by atoms with van der Waals surface area (Å²) in [7, 11) is 0. The molecular formula is C22H30N6O3. The number of aromatic nitrogens is 3. The summed E-state index contributed by atoms with van der Waals surface area (Å²) < 4.78 is 5.38. The lowest BCUT2D eigenvalue weighted by molar-refractivity contribution is -0.121. The van der Waals surface area contributed by atoms with Crippen molar-refractivity contribution >= 4 is 11.8 Å². The van der Waals surface area contributed by atoms with Crippen LogP contribution in [0.5, 0.6) is 0 Å². The zero-order chi connectivity index (χ0) is 21.9. The Labute approximate surface area is 182 Å². The maximum absolute atomic E-state index is 13.0. The van der Waals surface area contributed by atoms with Crippen molar-refractivity contribution in [1.29, 1.82) is 0 Å². The number of hydrogen-bond donors (Lipinski definition) is 1. The van der Waals surface area contributed by atoms with Gasteiger partial charge in [-0.25, -0.2) is 4.98 Å². The smallest absolute Gasteiger partial charge is 0.274 e. The molecule has 0 saturated carbocycles. The number of carbonyl (C=O) groups excluding carboxylic acids is 2. The Hall–Kier alpha value is -2.91. The first-order valence-electron chi connectivity index (χ1n) is 10.7. The van der Waals surface area contributed by atoms with Crippen LogP contribution in [0, 0.1) is 6.92 Å². The quantitative estimate of drug-likeness (QED) is 0.606. The fourth-order valence-corrected chi connectivity index (χ4v) is 3.32. The predicted octanol–water partition coefficient (Wildman–Crippen LogP) is 1.05. The lowest BCUT2D eigenvalue weighted by Gasteiger charge is -2.28. The van der Waals surface area contributed by atoms with E-state index in [4.69, 9.17) is 4.74 Å². The normalized spacial score (nSPS) is 14.2. The number of aryl methyl sites for hydroxylation is 1. The van der Waals surface area contributed by atoms with Crippen LogP contribution in [0.15, 0.2) is 36.9 Å². The fourth-order valence-electron chi connectivity index (χ4n) is 3.32. The number of nitrogens with one attached hydrogen (secondary N) is 1. The lowest BCUT2D eigenvalue weighted by atomic mass is 10.2. The second-order valence-corrected chi connectivity index (χ2v) is 7.52. The Bertz CT molecular complexity index is 825. The zero-order valence-corrected chi connectivity index (χ0v) is 18.0. The van der Waals surface area contributed by atoms with Crippen molar-refractivity contribution in [2.45, 2.75) is 26.3 Å². The van der Waals surface area contributed by atoms with Crippen molar-refractivity contribution in [1.82, 2.24) is 30.1 Å². The standard InChI is InChI=1S/C22H30N6O3/c1-18-15-25-20(17-24-18)22(30)28(9-2-8-27-11-13-31-14-12-27)10-5-21(29)26-16-19-3-6-23-7-4-19/h3-4,6-7,15,17H,2,5,8-14,16H2,1H3,(H,26,29). The second kappa shape index (κ2) is 12.1. The van der Waals surface area contributed by atoms with Crippen LogP contribution in [-0.2, 0) is 16.1 Å². The molecule has 9 nitrogen and oxygen atoms in total. The molecule has 0 aromatic carbocycles. The molecule has 0 aliphatic carbocycles. The lowest BCUT2D eigenvalue weighted by Crippen LogP contribution is -2.40. The Morgan fingerprint density at radius 1 is 1.13 bits per heavy atom. The SMILES string of the molecule is Cc1cnc(C(=O)N(CCCN2CCOCC2)CCC(=O)NCc2ccncc2)cn1. The van der Waals surface area contributed by atoms with Gasteiger partial charge in [-0.05, 0) is 31.0 Å². The molecule has 31 heavy (non-hydrogen) atoms. The minimum atomic E-state index is -0.198. The molecule has 2 amide bonds. The number of rotatable bonds is 10. The highest BCUT2D eigenvalue weighted by Crippen LogP contribution is 2.06. The highest BCUT2D eigenvalue weighted by atomic mass is 16.5. The van der Waals surface area contributed by atoms with Gasteiger partial charge < -0.3 is 15.0 Å². The molecule has 2 aromatic rings. The minimum absolute atomic E-state index is 0.0993. The van der Waals surface area contributed by atoms with Crippen LogP contribution in [-0.4, -0.2) is 82.5 Å². The molecule has 166 valence electrons. The summed E-state index contributed by atoms with van der Waals surface area (Å²) in [6, 6.07) is 3.72. The molecule has 0 spiro atoms. The van der Waals surface area contributed by atoms with E-state index in [1.54, 1.807) is 23.5 Å². The molecule has 1 N–H and O–H groups in total. The molecule has 3 heterocycles. The maximum Gasteiger partial charge on any atom is 0.274 e. The summed E-state index contributed by atoms with van der Waals surface area (Å²) in [6.07, 6.45) is 7.52. The molecule has 0 radical (unpaired) electrons. The van der Waals surface area contributed by atoms with Crippen LogP contribution in [0.4, 0.5) is 0 Å². The molecule has 3 rings (SSSR count). The van der Waals surface area contributed by atoms with Gasteiger partial charge in [0.05, 0.1) is 25.1 Å². The van der Waals surface area contributed by atoms with Crippen molar-refractivity contribution in [3.8, 4) is 0 Å². The van der Waals surface area contributed by atoms with E-state index in [9.17, 15) is 9.59 Å². The number of carbonyl (C=O) groups is 2. The summed E-state index contributed by atoms with van der Waals surface area (Å²) in [5.74, 6) is -0.297. The molecule has 9 heteroatoms. The zero-order valence-electron chi connectivity index (χ0n) is 18.0. The number of pyridine rings is 1. The molecule has 0 atom stereocenters. The number of hydrogen-bond acceptors (Lipinski definition) is 7. The number of amides is 2. The summed E-state index contributed by atoms with van der Waals surface area (Å²) in [5, 5.41) is 2.89.